The lowest BCUT2D eigenvalue weighted by Gasteiger charge is -2.37. The topological polar surface area (TPSA) is 73.9 Å². The highest BCUT2D eigenvalue weighted by molar-refractivity contribution is 6.01. The monoisotopic (exact) mass is 488 g/mol. The molecule has 7 nitrogen and oxygen atoms in total. The van der Waals surface area contributed by atoms with Crippen molar-refractivity contribution in [3.05, 3.63) is 54.1 Å². The lowest BCUT2D eigenvalue weighted by molar-refractivity contribution is -0.137. The second-order valence-corrected chi connectivity index (χ2v) is 9.20. The number of morpholine rings is 1. The maximum absolute atomic E-state index is 13.1. The molecule has 3 amide bonds. The van der Waals surface area contributed by atoms with E-state index < -0.39 is 23.8 Å². The molecule has 2 N–H and O–H groups in total. The number of nitrogens with zero attached hydrogens (tertiary/aromatic N) is 2. The minimum Gasteiger partial charge on any atom is -0.377 e. The molecule has 35 heavy (non-hydrogen) atoms. The Kier molecular flexibility index (Phi) is 6.31. The van der Waals surface area contributed by atoms with Crippen molar-refractivity contribution in [1.82, 2.24) is 5.32 Å². The highest BCUT2D eigenvalue weighted by Crippen LogP contribution is 2.35. The van der Waals surface area contributed by atoms with Crippen molar-refractivity contribution in [3.63, 3.8) is 0 Å². The van der Waals surface area contributed by atoms with E-state index in [2.05, 4.69) is 15.5 Å². The summed E-state index contributed by atoms with van der Waals surface area (Å²) in [6.45, 7) is 2.04. The zero-order valence-corrected chi connectivity index (χ0v) is 19.1. The number of amides is 3. The number of ether oxygens (including phenoxy) is 1. The van der Waals surface area contributed by atoms with Crippen molar-refractivity contribution in [2.24, 2.45) is 0 Å². The number of nitrogens with one attached hydrogen (secondary N) is 2. The molecule has 5 rings (SSSR count). The summed E-state index contributed by atoms with van der Waals surface area (Å²) in [6, 6.07) is 11.5. The van der Waals surface area contributed by atoms with Crippen molar-refractivity contribution in [1.29, 1.82) is 0 Å². The first-order valence-electron chi connectivity index (χ1n) is 11.8. The average molecular weight is 489 g/mol. The van der Waals surface area contributed by atoms with Gasteiger partial charge in [0, 0.05) is 23.6 Å². The zero-order valence-electron chi connectivity index (χ0n) is 19.1. The SMILES string of the molecule is O=C(Nc1ccc(C(F)(F)F)cc1)N[C@@H]1CCCN(c2ccc(N3[C@@H]4CC[C@H]3COC4)cc2)C1=O. The van der Waals surface area contributed by atoms with Crippen molar-refractivity contribution in [2.45, 2.75) is 50.0 Å². The molecule has 3 fully saturated rings. The van der Waals surface area contributed by atoms with Crippen LogP contribution < -0.4 is 20.4 Å². The van der Waals surface area contributed by atoms with Gasteiger partial charge in [-0.2, -0.15) is 13.2 Å². The Labute approximate surface area is 201 Å². The van der Waals surface area contributed by atoms with Gasteiger partial charge in [0.2, 0.25) is 5.91 Å². The molecule has 0 unspecified atom stereocenters. The number of carbonyl (C=O) groups excluding carboxylic acids is 2. The molecule has 3 aliphatic heterocycles. The summed E-state index contributed by atoms with van der Waals surface area (Å²) in [4.78, 5) is 29.6. The van der Waals surface area contributed by atoms with Gasteiger partial charge >= 0.3 is 12.2 Å². The normalized spacial score (nSPS) is 24.4. The number of hydrogen-bond donors (Lipinski definition) is 2. The molecule has 3 atom stereocenters. The first kappa shape index (κ1) is 23.5. The number of anilines is 3. The van der Waals surface area contributed by atoms with Crippen LogP contribution in [0.25, 0.3) is 0 Å². The van der Waals surface area contributed by atoms with Gasteiger partial charge in [0.25, 0.3) is 0 Å². The predicted octanol–water partition coefficient (Wildman–Crippen LogP) is 4.39. The predicted molar refractivity (Wildman–Crippen MR) is 126 cm³/mol. The van der Waals surface area contributed by atoms with Crippen molar-refractivity contribution in [2.75, 3.05) is 34.9 Å². The number of rotatable bonds is 4. The summed E-state index contributed by atoms with van der Waals surface area (Å²) in [5, 5.41) is 5.16. The number of piperidine rings is 1. The van der Waals surface area contributed by atoms with Gasteiger partial charge in [-0.1, -0.05) is 0 Å². The van der Waals surface area contributed by atoms with Gasteiger partial charge in [-0.15, -0.1) is 0 Å². The van der Waals surface area contributed by atoms with Crippen LogP contribution in [0.5, 0.6) is 0 Å². The molecule has 3 heterocycles. The molecule has 2 aromatic rings. The number of benzene rings is 2. The highest BCUT2D eigenvalue weighted by atomic mass is 19.4. The van der Waals surface area contributed by atoms with Crippen LogP contribution in [0.3, 0.4) is 0 Å². The fourth-order valence-corrected chi connectivity index (χ4v) is 5.19. The molecular weight excluding hydrogens is 461 g/mol. The van der Waals surface area contributed by atoms with Crippen molar-refractivity contribution < 1.29 is 27.5 Å². The molecule has 3 saturated heterocycles. The lowest BCUT2D eigenvalue weighted by Crippen LogP contribution is -2.53. The Hall–Kier alpha value is -3.27. The fourth-order valence-electron chi connectivity index (χ4n) is 5.19. The highest BCUT2D eigenvalue weighted by Gasteiger charge is 2.37. The van der Waals surface area contributed by atoms with E-state index in [9.17, 15) is 22.8 Å². The largest absolute Gasteiger partial charge is 0.416 e. The van der Waals surface area contributed by atoms with Gasteiger partial charge in [0.1, 0.15) is 6.04 Å². The number of carbonyl (C=O) groups is 2. The molecule has 3 aliphatic rings. The van der Waals surface area contributed by atoms with E-state index in [-0.39, 0.29) is 11.6 Å². The third-order valence-electron chi connectivity index (χ3n) is 6.91. The van der Waals surface area contributed by atoms with E-state index in [0.717, 1.165) is 49.6 Å². The maximum Gasteiger partial charge on any atom is 0.416 e. The summed E-state index contributed by atoms with van der Waals surface area (Å²) < 4.78 is 43.8. The van der Waals surface area contributed by atoms with Gasteiger partial charge in [-0.25, -0.2) is 4.79 Å². The van der Waals surface area contributed by atoms with Gasteiger partial charge in [0.05, 0.1) is 30.9 Å². The second-order valence-electron chi connectivity index (χ2n) is 9.20. The molecular formula is C25H27F3N4O3. The second kappa shape index (κ2) is 9.41. The number of hydrogen-bond acceptors (Lipinski definition) is 4. The van der Waals surface area contributed by atoms with Crippen LogP contribution in [-0.2, 0) is 15.7 Å². The Balaban J connectivity index is 1.20. The molecule has 10 heteroatoms. The molecule has 0 spiro atoms. The third-order valence-corrected chi connectivity index (χ3v) is 6.91. The Morgan fingerprint density at radius 3 is 2.17 bits per heavy atom. The van der Waals surface area contributed by atoms with Crippen LogP contribution in [0.1, 0.15) is 31.2 Å². The minimum atomic E-state index is -4.45. The van der Waals surface area contributed by atoms with E-state index in [1.54, 1.807) is 4.90 Å². The summed E-state index contributed by atoms with van der Waals surface area (Å²) >= 11 is 0. The molecule has 0 aromatic heterocycles. The number of halogens is 3. The first-order valence-corrected chi connectivity index (χ1v) is 11.8. The molecule has 0 aliphatic carbocycles. The van der Waals surface area contributed by atoms with Gasteiger partial charge < -0.3 is 25.2 Å². The van der Waals surface area contributed by atoms with E-state index in [4.69, 9.17) is 4.74 Å². The zero-order chi connectivity index (χ0) is 24.6. The van der Waals surface area contributed by atoms with E-state index in [1.807, 2.05) is 24.3 Å². The molecule has 2 bridgehead atoms. The minimum absolute atomic E-state index is 0.210. The van der Waals surface area contributed by atoms with Crippen LogP contribution >= 0.6 is 0 Å². The Morgan fingerprint density at radius 2 is 1.54 bits per heavy atom. The number of urea groups is 1. The first-order chi connectivity index (χ1) is 16.8. The van der Waals surface area contributed by atoms with Gasteiger partial charge in [-0.3, -0.25) is 4.79 Å². The van der Waals surface area contributed by atoms with E-state index in [0.29, 0.717) is 31.5 Å². The van der Waals surface area contributed by atoms with Crippen molar-refractivity contribution >= 4 is 29.0 Å². The molecule has 2 aromatic carbocycles. The quantitative estimate of drug-likeness (QED) is 0.670. The Bertz CT molecular complexity index is 1060. The average Bonchev–Trinajstić information content (AvgIpc) is 3.08. The van der Waals surface area contributed by atoms with Gasteiger partial charge in [-0.05, 0) is 74.2 Å². The standard InChI is InChI=1S/C25H27F3N4O3/c26-25(27,28)16-3-5-17(6-4-16)29-24(34)30-22-2-1-13-31(23(22)33)18-7-9-19(10-8-18)32-20-11-12-21(32)15-35-14-20/h3-10,20-22H,1-2,11-15H2,(H2,29,30,34)/t20-,21+,22-/m1/s1. The van der Waals surface area contributed by atoms with Crippen LogP contribution in [-0.4, -0.2) is 49.8 Å². The van der Waals surface area contributed by atoms with E-state index in [1.165, 1.54) is 12.1 Å². The van der Waals surface area contributed by atoms with Crippen LogP contribution in [0.2, 0.25) is 0 Å². The third kappa shape index (κ3) is 4.93. The molecule has 186 valence electrons. The fraction of sp³-hybridized carbons (Fsp3) is 0.440. The van der Waals surface area contributed by atoms with Crippen molar-refractivity contribution in [3.8, 4) is 0 Å². The summed E-state index contributed by atoms with van der Waals surface area (Å²) in [7, 11) is 0. The number of fused-ring (bicyclic) bond motifs is 2. The molecule has 0 radical (unpaired) electrons. The smallest absolute Gasteiger partial charge is 0.377 e. The van der Waals surface area contributed by atoms with Gasteiger partial charge in [0.15, 0.2) is 0 Å². The van der Waals surface area contributed by atoms with Crippen LogP contribution in [0.15, 0.2) is 48.5 Å². The number of alkyl halides is 3. The summed E-state index contributed by atoms with van der Waals surface area (Å²) in [5.74, 6) is -0.210. The Morgan fingerprint density at radius 1 is 0.914 bits per heavy atom. The lowest BCUT2D eigenvalue weighted by atomic mass is 10.0. The van der Waals surface area contributed by atoms with Crippen LogP contribution in [0.4, 0.5) is 35.0 Å². The van der Waals surface area contributed by atoms with Crippen LogP contribution in [0, 0.1) is 0 Å². The summed E-state index contributed by atoms with van der Waals surface area (Å²) in [6.07, 6.45) is -0.992. The summed E-state index contributed by atoms with van der Waals surface area (Å²) in [5.41, 5.74) is 1.31. The molecule has 0 saturated carbocycles. The maximum atomic E-state index is 13.1. The van der Waals surface area contributed by atoms with E-state index >= 15 is 0 Å².